The van der Waals surface area contributed by atoms with E-state index in [2.05, 4.69) is 50.4 Å². The van der Waals surface area contributed by atoms with Crippen LogP contribution in [0.1, 0.15) is 39.2 Å². The molecule has 0 aromatic heterocycles. The number of carbonyl (C=O) groups is 1. The van der Waals surface area contributed by atoms with Gasteiger partial charge >= 0.3 is 0 Å². The Morgan fingerprint density at radius 3 is 2.58 bits per heavy atom. The Hall–Kier alpha value is -1.35. The molecule has 2 rings (SSSR count). The molecule has 1 aliphatic rings. The average molecular weight is 260 g/mol. The van der Waals surface area contributed by atoms with Gasteiger partial charge in [-0.2, -0.15) is 0 Å². The van der Waals surface area contributed by atoms with Crippen molar-refractivity contribution in [1.29, 1.82) is 0 Å². The van der Waals surface area contributed by atoms with E-state index in [-0.39, 0.29) is 11.9 Å². The van der Waals surface area contributed by atoms with E-state index >= 15 is 0 Å². The number of nitrogens with one attached hydrogen (secondary N) is 1. The highest BCUT2D eigenvalue weighted by molar-refractivity contribution is 5.99. The zero-order chi connectivity index (χ0) is 13.8. The summed E-state index contributed by atoms with van der Waals surface area (Å²) < 4.78 is 0. The molecule has 1 amide bonds. The Balaban J connectivity index is 2.04. The number of amides is 1. The van der Waals surface area contributed by atoms with Crippen LogP contribution in [-0.4, -0.2) is 24.5 Å². The first-order chi connectivity index (χ1) is 9.11. The van der Waals surface area contributed by atoms with E-state index in [9.17, 15) is 4.79 Å². The zero-order valence-corrected chi connectivity index (χ0v) is 12.1. The highest BCUT2D eigenvalue weighted by atomic mass is 16.2. The van der Waals surface area contributed by atoms with Crippen LogP contribution in [0.3, 0.4) is 0 Å². The molecule has 0 radical (unpaired) electrons. The number of carbonyl (C=O) groups excluding carboxylic acids is 1. The lowest BCUT2D eigenvalue weighted by atomic mass is 10.1. The van der Waals surface area contributed by atoms with Crippen molar-refractivity contribution in [3.8, 4) is 0 Å². The molecule has 1 aliphatic heterocycles. The molecular formula is C16H24N2O. The molecule has 1 atom stereocenters. The summed E-state index contributed by atoms with van der Waals surface area (Å²) in [7, 11) is 0. The third-order valence-electron chi connectivity index (χ3n) is 3.53. The number of nitrogens with zero attached hydrogens (tertiary/aromatic N) is 1. The van der Waals surface area contributed by atoms with Gasteiger partial charge in [0.05, 0.1) is 6.04 Å². The number of hydrogen-bond acceptors (Lipinski definition) is 2. The van der Waals surface area contributed by atoms with E-state index in [0.717, 1.165) is 31.5 Å². The van der Waals surface area contributed by atoms with Crippen LogP contribution in [0.4, 0.5) is 5.69 Å². The molecule has 3 nitrogen and oxygen atoms in total. The van der Waals surface area contributed by atoms with Crippen LogP contribution in [0.2, 0.25) is 0 Å². The molecule has 1 heterocycles. The lowest BCUT2D eigenvalue weighted by molar-refractivity contribution is -0.118. The smallest absolute Gasteiger partial charge is 0.244 e. The number of benzene rings is 1. The van der Waals surface area contributed by atoms with Gasteiger partial charge in [-0.05, 0) is 30.5 Å². The summed E-state index contributed by atoms with van der Waals surface area (Å²) in [6.45, 7) is 7.15. The summed E-state index contributed by atoms with van der Waals surface area (Å²) >= 11 is 0. The predicted octanol–water partition coefficient (Wildman–Crippen LogP) is 2.74. The normalized spacial score (nSPS) is 19.5. The minimum Gasteiger partial charge on any atom is -0.311 e. The molecule has 1 unspecified atom stereocenters. The first-order valence-corrected chi connectivity index (χ1v) is 7.28. The number of aryl methyl sites for hydroxylation is 1. The largest absolute Gasteiger partial charge is 0.311 e. The van der Waals surface area contributed by atoms with Crippen molar-refractivity contribution < 1.29 is 4.79 Å². The third kappa shape index (κ3) is 3.35. The standard InChI is InChI=1S/C16H24N2O/c1-4-5-13-6-8-14(9-7-13)18-11-10-15(16(18)19)17-12(2)3/h6-9,12,15,17H,4-5,10-11H2,1-3H3. The average Bonchev–Trinajstić information content (AvgIpc) is 2.72. The molecule has 1 fully saturated rings. The van der Waals surface area contributed by atoms with Crippen molar-refractivity contribution >= 4 is 11.6 Å². The minimum absolute atomic E-state index is 0.0182. The Kier molecular flexibility index (Phi) is 4.59. The maximum absolute atomic E-state index is 12.3. The SMILES string of the molecule is CCCc1ccc(N2CCC(NC(C)C)C2=O)cc1. The van der Waals surface area contributed by atoms with E-state index in [1.807, 2.05) is 4.90 Å². The highest BCUT2D eigenvalue weighted by Crippen LogP contribution is 2.22. The van der Waals surface area contributed by atoms with Gasteiger partial charge in [0.15, 0.2) is 0 Å². The lowest BCUT2D eigenvalue weighted by Crippen LogP contribution is -2.41. The Morgan fingerprint density at radius 2 is 2.00 bits per heavy atom. The highest BCUT2D eigenvalue weighted by Gasteiger charge is 2.32. The lowest BCUT2D eigenvalue weighted by Gasteiger charge is -2.18. The second kappa shape index (κ2) is 6.20. The first-order valence-electron chi connectivity index (χ1n) is 7.28. The van der Waals surface area contributed by atoms with Crippen LogP contribution in [-0.2, 0) is 11.2 Å². The monoisotopic (exact) mass is 260 g/mol. The summed E-state index contributed by atoms with van der Waals surface area (Å²) in [5.74, 6) is 0.206. The van der Waals surface area contributed by atoms with Crippen LogP contribution in [0.15, 0.2) is 24.3 Å². The van der Waals surface area contributed by atoms with Crippen LogP contribution >= 0.6 is 0 Å². The van der Waals surface area contributed by atoms with Crippen molar-refractivity contribution in [3.05, 3.63) is 29.8 Å². The second-order valence-electron chi connectivity index (χ2n) is 5.57. The second-order valence-corrected chi connectivity index (χ2v) is 5.57. The molecule has 1 aromatic carbocycles. The summed E-state index contributed by atoms with van der Waals surface area (Å²) in [6.07, 6.45) is 3.15. The van der Waals surface area contributed by atoms with Crippen molar-refractivity contribution in [2.75, 3.05) is 11.4 Å². The van der Waals surface area contributed by atoms with E-state index in [0.29, 0.717) is 6.04 Å². The Morgan fingerprint density at radius 1 is 1.32 bits per heavy atom. The van der Waals surface area contributed by atoms with E-state index in [1.165, 1.54) is 5.56 Å². The summed E-state index contributed by atoms with van der Waals surface area (Å²) in [6, 6.07) is 8.74. The molecule has 3 heteroatoms. The van der Waals surface area contributed by atoms with Crippen LogP contribution in [0.5, 0.6) is 0 Å². The fraction of sp³-hybridized carbons (Fsp3) is 0.562. The van der Waals surface area contributed by atoms with E-state index in [1.54, 1.807) is 0 Å². The zero-order valence-electron chi connectivity index (χ0n) is 12.1. The van der Waals surface area contributed by atoms with Crippen molar-refractivity contribution in [3.63, 3.8) is 0 Å². The van der Waals surface area contributed by atoms with Gasteiger partial charge in [-0.15, -0.1) is 0 Å². The van der Waals surface area contributed by atoms with Gasteiger partial charge in [-0.3, -0.25) is 4.79 Å². The molecular weight excluding hydrogens is 236 g/mol. The van der Waals surface area contributed by atoms with Crippen LogP contribution in [0.25, 0.3) is 0 Å². The molecule has 0 saturated carbocycles. The van der Waals surface area contributed by atoms with Crippen molar-refractivity contribution in [1.82, 2.24) is 5.32 Å². The van der Waals surface area contributed by atoms with Gasteiger partial charge in [0, 0.05) is 18.3 Å². The summed E-state index contributed by atoms with van der Waals surface area (Å²) in [5.41, 5.74) is 2.37. The predicted molar refractivity (Wildman–Crippen MR) is 79.5 cm³/mol. The van der Waals surface area contributed by atoms with Crippen molar-refractivity contribution in [2.24, 2.45) is 0 Å². The molecule has 1 N–H and O–H groups in total. The Bertz CT molecular complexity index is 425. The molecule has 1 aromatic rings. The molecule has 19 heavy (non-hydrogen) atoms. The summed E-state index contributed by atoms with van der Waals surface area (Å²) in [4.78, 5) is 14.2. The van der Waals surface area contributed by atoms with Crippen molar-refractivity contribution in [2.45, 2.75) is 52.1 Å². The molecule has 0 bridgehead atoms. The maximum Gasteiger partial charge on any atom is 0.244 e. The molecule has 104 valence electrons. The van der Waals surface area contributed by atoms with Gasteiger partial charge in [-0.1, -0.05) is 39.3 Å². The third-order valence-corrected chi connectivity index (χ3v) is 3.53. The molecule has 0 spiro atoms. The molecule has 0 aliphatic carbocycles. The van der Waals surface area contributed by atoms with Crippen LogP contribution < -0.4 is 10.2 Å². The van der Waals surface area contributed by atoms with Gasteiger partial charge < -0.3 is 10.2 Å². The van der Waals surface area contributed by atoms with Gasteiger partial charge in [0.1, 0.15) is 0 Å². The minimum atomic E-state index is -0.0182. The maximum atomic E-state index is 12.3. The summed E-state index contributed by atoms with van der Waals surface area (Å²) in [5, 5.41) is 3.33. The number of anilines is 1. The van der Waals surface area contributed by atoms with E-state index < -0.39 is 0 Å². The quantitative estimate of drug-likeness (QED) is 0.883. The van der Waals surface area contributed by atoms with Crippen LogP contribution in [0, 0.1) is 0 Å². The number of hydrogen-bond donors (Lipinski definition) is 1. The number of rotatable bonds is 5. The Labute approximate surface area is 116 Å². The topological polar surface area (TPSA) is 32.3 Å². The van der Waals surface area contributed by atoms with Gasteiger partial charge in [-0.25, -0.2) is 0 Å². The first kappa shape index (κ1) is 14.1. The molecule has 1 saturated heterocycles. The van der Waals surface area contributed by atoms with Gasteiger partial charge in [0.25, 0.3) is 0 Å². The fourth-order valence-electron chi connectivity index (χ4n) is 2.62. The van der Waals surface area contributed by atoms with E-state index in [4.69, 9.17) is 0 Å². The fourth-order valence-corrected chi connectivity index (χ4v) is 2.62. The van der Waals surface area contributed by atoms with Gasteiger partial charge in [0.2, 0.25) is 5.91 Å².